The molecule has 0 unspecified atom stereocenters. The fraction of sp³-hybridized carbons (Fsp3) is 0.750. The van der Waals surface area contributed by atoms with Crippen LogP contribution in [0.15, 0.2) is 24.3 Å². The molecule has 0 aromatic carbocycles. The summed E-state index contributed by atoms with van der Waals surface area (Å²) in [6, 6.07) is 0. The molecule has 1 saturated carbocycles. The van der Waals surface area contributed by atoms with Gasteiger partial charge in [0.05, 0.1) is 6.10 Å². The highest BCUT2D eigenvalue weighted by molar-refractivity contribution is 5.94. The second-order valence-corrected chi connectivity index (χ2v) is 9.57. The van der Waals surface area contributed by atoms with Gasteiger partial charge in [-0.3, -0.25) is 9.59 Å². The molecule has 0 amide bonds. The Kier molecular flexibility index (Phi) is 6.19. The van der Waals surface area contributed by atoms with Gasteiger partial charge in [0.15, 0.2) is 5.78 Å². The fourth-order valence-electron chi connectivity index (χ4n) is 5.70. The van der Waals surface area contributed by atoms with Gasteiger partial charge in [-0.2, -0.15) is 0 Å². The van der Waals surface area contributed by atoms with E-state index in [2.05, 4.69) is 27.0 Å². The van der Waals surface area contributed by atoms with Gasteiger partial charge in [-0.15, -0.1) is 0 Å². The van der Waals surface area contributed by atoms with Gasteiger partial charge < -0.3 is 9.47 Å². The van der Waals surface area contributed by atoms with Gasteiger partial charge in [-0.25, -0.2) is 0 Å². The molecule has 2 bridgehead atoms. The second-order valence-electron chi connectivity index (χ2n) is 9.57. The fourth-order valence-corrected chi connectivity index (χ4v) is 5.70. The van der Waals surface area contributed by atoms with Gasteiger partial charge in [-0.1, -0.05) is 39.5 Å². The lowest BCUT2D eigenvalue weighted by atomic mass is 9.61. The van der Waals surface area contributed by atoms with E-state index >= 15 is 0 Å². The minimum absolute atomic E-state index is 0.0623. The number of carbonyl (C=O) groups is 2. The van der Waals surface area contributed by atoms with Crippen molar-refractivity contribution in [2.75, 3.05) is 0 Å². The third-order valence-corrected chi connectivity index (χ3v) is 7.20. The Morgan fingerprint density at radius 3 is 2.68 bits per heavy atom. The van der Waals surface area contributed by atoms with Crippen molar-refractivity contribution >= 4 is 11.8 Å². The summed E-state index contributed by atoms with van der Waals surface area (Å²) in [4.78, 5) is 25.1. The van der Waals surface area contributed by atoms with Crippen molar-refractivity contribution in [2.45, 2.75) is 90.4 Å². The van der Waals surface area contributed by atoms with Crippen molar-refractivity contribution in [3.63, 3.8) is 0 Å². The van der Waals surface area contributed by atoms with E-state index in [1.54, 1.807) is 0 Å². The minimum Gasteiger partial charge on any atom is -0.457 e. The molecule has 4 nitrogen and oxygen atoms in total. The number of hydrogen-bond acceptors (Lipinski definition) is 4. The van der Waals surface area contributed by atoms with E-state index < -0.39 is 5.60 Å². The molecule has 156 valence electrons. The molecule has 6 atom stereocenters. The molecule has 3 rings (SSSR count). The van der Waals surface area contributed by atoms with Crippen molar-refractivity contribution < 1.29 is 19.1 Å². The smallest absolute Gasteiger partial charge is 0.306 e. The van der Waals surface area contributed by atoms with Crippen molar-refractivity contribution in [3.05, 3.63) is 24.3 Å². The molecule has 3 aliphatic rings. The molecule has 2 aliphatic heterocycles. The van der Waals surface area contributed by atoms with Crippen LogP contribution >= 0.6 is 0 Å². The highest BCUT2D eigenvalue weighted by atomic mass is 16.6. The number of ketones is 1. The molecular formula is C24H36O4. The van der Waals surface area contributed by atoms with Crippen LogP contribution in [0.2, 0.25) is 0 Å². The molecule has 2 heterocycles. The van der Waals surface area contributed by atoms with Gasteiger partial charge in [0.2, 0.25) is 0 Å². The molecule has 0 spiro atoms. The summed E-state index contributed by atoms with van der Waals surface area (Å²) in [5, 5.41) is 0. The van der Waals surface area contributed by atoms with E-state index in [1.807, 2.05) is 13.8 Å². The van der Waals surface area contributed by atoms with E-state index in [4.69, 9.17) is 9.47 Å². The number of ether oxygens (including phenoxy) is 2. The lowest BCUT2D eigenvalue weighted by Crippen LogP contribution is -2.50. The highest BCUT2D eigenvalue weighted by Gasteiger charge is 2.58. The first-order valence-electron chi connectivity index (χ1n) is 10.9. The minimum atomic E-state index is -0.797. The molecular weight excluding hydrogens is 352 g/mol. The molecule has 0 aromatic rings. The van der Waals surface area contributed by atoms with E-state index in [0.29, 0.717) is 43.1 Å². The normalized spacial score (nSPS) is 38.6. The molecule has 1 aliphatic carbocycles. The van der Waals surface area contributed by atoms with Crippen molar-refractivity contribution in [2.24, 2.45) is 23.7 Å². The SMILES string of the molecule is C=C1C[C@@H]2O[C@H]([C@H]3[C@@H]2C(=C)CC[C@@H]3C(C)C)[C@](C)(OC(=O)CCC)CCC1=O. The molecule has 0 aromatic heterocycles. The van der Waals surface area contributed by atoms with E-state index in [-0.39, 0.29) is 35.8 Å². The zero-order valence-corrected chi connectivity index (χ0v) is 18.0. The van der Waals surface area contributed by atoms with Crippen LogP contribution in [0.4, 0.5) is 0 Å². The number of Topliss-reactive ketones (excluding diaryl/α,β-unsaturated/α-hetero) is 1. The van der Waals surface area contributed by atoms with Gasteiger partial charge in [-0.05, 0) is 50.0 Å². The van der Waals surface area contributed by atoms with Crippen LogP contribution < -0.4 is 0 Å². The molecule has 0 N–H and O–H groups in total. The number of carbonyl (C=O) groups excluding carboxylic acids is 2. The summed E-state index contributed by atoms with van der Waals surface area (Å²) < 4.78 is 12.7. The Morgan fingerprint density at radius 2 is 2.04 bits per heavy atom. The zero-order valence-electron chi connectivity index (χ0n) is 18.0. The Balaban J connectivity index is 2.03. The summed E-state index contributed by atoms with van der Waals surface area (Å²) in [7, 11) is 0. The third kappa shape index (κ3) is 3.85. The largest absolute Gasteiger partial charge is 0.457 e. The van der Waals surface area contributed by atoms with Gasteiger partial charge >= 0.3 is 5.97 Å². The van der Waals surface area contributed by atoms with Crippen molar-refractivity contribution in [1.82, 2.24) is 0 Å². The Labute approximate surface area is 169 Å². The van der Waals surface area contributed by atoms with Gasteiger partial charge in [0.25, 0.3) is 0 Å². The van der Waals surface area contributed by atoms with E-state index in [9.17, 15) is 9.59 Å². The number of hydrogen-bond donors (Lipinski definition) is 0. The molecule has 3 fully saturated rings. The summed E-state index contributed by atoms with van der Waals surface area (Å²) in [6.45, 7) is 16.9. The van der Waals surface area contributed by atoms with Crippen LogP contribution in [-0.2, 0) is 19.1 Å². The monoisotopic (exact) mass is 388 g/mol. The number of esters is 1. The quantitative estimate of drug-likeness (QED) is 0.385. The van der Waals surface area contributed by atoms with Crippen molar-refractivity contribution in [1.29, 1.82) is 0 Å². The standard InChI is InChI=1S/C24H36O4/c1-7-8-20(26)28-24(6)12-11-18(25)16(5)13-19-21-15(4)9-10-17(14(2)3)22(21)23(24)27-19/h14,17,19,21-23H,4-5,7-13H2,1-3,6H3/t17-,19+,21-,22-,23-,24-/m1/s1. The van der Waals surface area contributed by atoms with E-state index in [1.165, 1.54) is 5.57 Å². The van der Waals surface area contributed by atoms with Crippen LogP contribution in [0.5, 0.6) is 0 Å². The number of rotatable bonds is 4. The number of fused-ring (bicyclic) bond motifs is 5. The first-order valence-corrected chi connectivity index (χ1v) is 10.9. The van der Waals surface area contributed by atoms with E-state index in [0.717, 1.165) is 19.3 Å². The van der Waals surface area contributed by atoms with Crippen molar-refractivity contribution in [3.8, 4) is 0 Å². The summed E-state index contributed by atoms with van der Waals surface area (Å²) in [5.74, 6) is 1.36. The predicted octanol–water partition coefficient (Wildman–Crippen LogP) is 5.02. The van der Waals surface area contributed by atoms with Crippen LogP contribution in [0.1, 0.15) is 72.6 Å². The molecule has 0 radical (unpaired) electrons. The summed E-state index contributed by atoms with van der Waals surface area (Å²) in [6.07, 6.45) is 4.34. The maximum atomic E-state index is 12.6. The van der Waals surface area contributed by atoms with Gasteiger partial charge in [0, 0.05) is 31.1 Å². The van der Waals surface area contributed by atoms with Crippen LogP contribution in [0, 0.1) is 23.7 Å². The average molecular weight is 389 g/mol. The maximum absolute atomic E-state index is 12.6. The summed E-state index contributed by atoms with van der Waals surface area (Å²) in [5.41, 5.74) is 1.06. The predicted molar refractivity (Wildman–Crippen MR) is 110 cm³/mol. The Bertz CT molecular complexity index is 664. The van der Waals surface area contributed by atoms with Crippen LogP contribution in [-0.4, -0.2) is 29.6 Å². The average Bonchev–Trinajstić information content (AvgIpc) is 3.01. The lowest BCUT2D eigenvalue weighted by Gasteiger charge is -2.45. The first kappa shape index (κ1) is 21.3. The maximum Gasteiger partial charge on any atom is 0.306 e. The third-order valence-electron chi connectivity index (χ3n) is 7.20. The van der Waals surface area contributed by atoms with Crippen LogP contribution in [0.3, 0.4) is 0 Å². The zero-order chi connectivity index (χ0) is 20.6. The lowest BCUT2D eigenvalue weighted by molar-refractivity contribution is -0.181. The van der Waals surface area contributed by atoms with Gasteiger partial charge in [0.1, 0.15) is 11.7 Å². The second kappa shape index (κ2) is 8.14. The highest BCUT2D eigenvalue weighted by Crippen LogP contribution is 2.55. The molecule has 4 heteroatoms. The molecule has 2 saturated heterocycles. The summed E-state index contributed by atoms with van der Waals surface area (Å²) >= 11 is 0. The molecule has 28 heavy (non-hydrogen) atoms. The first-order chi connectivity index (χ1) is 13.2. The van der Waals surface area contributed by atoms with Crippen LogP contribution in [0.25, 0.3) is 0 Å². The Hall–Kier alpha value is -1.42. The Morgan fingerprint density at radius 1 is 1.32 bits per heavy atom. The topological polar surface area (TPSA) is 52.6 Å².